The van der Waals surface area contributed by atoms with Gasteiger partial charge in [0.05, 0.1) is 10.4 Å². The lowest BCUT2D eigenvalue weighted by molar-refractivity contribution is 0.630. The quantitative estimate of drug-likeness (QED) is 0.722. The standard InChI is InChI=1S/C13H9ClFNS2/c14-12-4-3-10(18-12)13(16)11-6-7-5-8(15)1-2-9(7)17-11/h1-6,13H,16H2. The van der Waals surface area contributed by atoms with Crippen LogP contribution in [0.5, 0.6) is 0 Å². The van der Waals surface area contributed by atoms with Gasteiger partial charge in [-0.15, -0.1) is 22.7 Å². The van der Waals surface area contributed by atoms with Crippen LogP contribution in [0.1, 0.15) is 15.8 Å². The molecule has 0 aliphatic rings. The van der Waals surface area contributed by atoms with E-state index in [0.29, 0.717) is 0 Å². The third-order valence-corrected chi connectivity index (χ3v) is 5.22. The molecule has 0 bridgehead atoms. The first-order valence-electron chi connectivity index (χ1n) is 5.33. The lowest BCUT2D eigenvalue weighted by atomic mass is 10.2. The van der Waals surface area contributed by atoms with Crippen molar-refractivity contribution in [2.24, 2.45) is 5.73 Å². The number of hydrogen-bond donors (Lipinski definition) is 1. The lowest BCUT2D eigenvalue weighted by Gasteiger charge is -2.05. The summed E-state index contributed by atoms with van der Waals surface area (Å²) in [4.78, 5) is 2.04. The summed E-state index contributed by atoms with van der Waals surface area (Å²) in [5, 5.41) is 0.896. The second-order valence-electron chi connectivity index (χ2n) is 3.95. The SMILES string of the molecule is NC(c1ccc(Cl)s1)c1cc2cc(F)ccc2s1. The highest BCUT2D eigenvalue weighted by molar-refractivity contribution is 7.19. The number of thiophene rings is 2. The highest BCUT2D eigenvalue weighted by Gasteiger charge is 2.14. The molecule has 0 aliphatic carbocycles. The van der Waals surface area contributed by atoms with Crippen molar-refractivity contribution in [3.05, 3.63) is 56.3 Å². The van der Waals surface area contributed by atoms with Gasteiger partial charge in [-0.25, -0.2) is 4.39 Å². The molecule has 0 saturated heterocycles. The average Bonchev–Trinajstić information content (AvgIpc) is 2.93. The Morgan fingerprint density at radius 2 is 1.89 bits per heavy atom. The summed E-state index contributed by atoms with van der Waals surface area (Å²) in [5.41, 5.74) is 6.20. The second kappa shape index (κ2) is 4.63. The van der Waals surface area contributed by atoms with E-state index in [2.05, 4.69) is 0 Å². The molecule has 0 amide bonds. The Hall–Kier alpha value is -0.940. The van der Waals surface area contributed by atoms with Gasteiger partial charge in [0.15, 0.2) is 0 Å². The Kier molecular flexibility index (Phi) is 3.11. The zero-order chi connectivity index (χ0) is 12.7. The van der Waals surface area contributed by atoms with Gasteiger partial charge >= 0.3 is 0 Å². The Morgan fingerprint density at radius 3 is 2.61 bits per heavy atom. The molecule has 2 N–H and O–H groups in total. The molecule has 1 atom stereocenters. The minimum absolute atomic E-state index is 0.192. The van der Waals surface area contributed by atoms with Crippen LogP contribution >= 0.6 is 34.3 Å². The molecule has 5 heteroatoms. The molecule has 0 saturated carbocycles. The molecule has 3 rings (SSSR count). The Bertz CT molecular complexity index is 704. The minimum atomic E-state index is -0.223. The van der Waals surface area contributed by atoms with Crippen LogP contribution in [-0.4, -0.2) is 0 Å². The van der Waals surface area contributed by atoms with Crippen LogP contribution in [-0.2, 0) is 0 Å². The van der Waals surface area contributed by atoms with Crippen molar-refractivity contribution in [1.29, 1.82) is 0 Å². The number of fused-ring (bicyclic) bond motifs is 1. The molecule has 0 fully saturated rings. The first-order valence-corrected chi connectivity index (χ1v) is 7.34. The molecule has 0 aliphatic heterocycles. The molecule has 2 heterocycles. The maximum atomic E-state index is 13.1. The fourth-order valence-electron chi connectivity index (χ4n) is 1.82. The van der Waals surface area contributed by atoms with Crippen LogP contribution in [0.2, 0.25) is 4.34 Å². The monoisotopic (exact) mass is 297 g/mol. The van der Waals surface area contributed by atoms with Gasteiger partial charge in [0, 0.05) is 14.5 Å². The van der Waals surface area contributed by atoms with Crippen molar-refractivity contribution >= 4 is 44.4 Å². The molecule has 2 aromatic heterocycles. The van der Waals surface area contributed by atoms with Crippen molar-refractivity contribution in [1.82, 2.24) is 0 Å². The molecule has 92 valence electrons. The molecule has 1 unspecified atom stereocenters. The fraction of sp³-hybridized carbons (Fsp3) is 0.0769. The predicted molar refractivity (Wildman–Crippen MR) is 77.1 cm³/mol. The maximum Gasteiger partial charge on any atom is 0.123 e. The van der Waals surface area contributed by atoms with Crippen molar-refractivity contribution in [3.8, 4) is 0 Å². The van der Waals surface area contributed by atoms with Crippen molar-refractivity contribution < 1.29 is 4.39 Å². The fourth-order valence-corrected chi connectivity index (χ4v) is 4.05. The van der Waals surface area contributed by atoms with E-state index in [9.17, 15) is 4.39 Å². The van der Waals surface area contributed by atoms with Crippen LogP contribution in [0.3, 0.4) is 0 Å². The highest BCUT2D eigenvalue weighted by atomic mass is 35.5. The normalized spacial score (nSPS) is 13.1. The molecular formula is C13H9ClFNS2. The summed E-state index contributed by atoms with van der Waals surface area (Å²) in [6, 6.07) is 10.3. The number of hydrogen-bond acceptors (Lipinski definition) is 3. The lowest BCUT2D eigenvalue weighted by Crippen LogP contribution is -2.07. The van der Waals surface area contributed by atoms with Crippen LogP contribution in [0, 0.1) is 5.82 Å². The molecule has 1 aromatic carbocycles. The van der Waals surface area contributed by atoms with Gasteiger partial charge in [0.1, 0.15) is 5.82 Å². The van der Waals surface area contributed by atoms with E-state index in [1.807, 2.05) is 18.2 Å². The second-order valence-corrected chi connectivity index (χ2v) is 6.81. The number of benzene rings is 1. The summed E-state index contributed by atoms with van der Waals surface area (Å²) in [5.74, 6) is -0.223. The molecule has 18 heavy (non-hydrogen) atoms. The maximum absolute atomic E-state index is 13.1. The number of rotatable bonds is 2. The van der Waals surface area contributed by atoms with Gasteiger partial charge in [0.25, 0.3) is 0 Å². The Balaban J connectivity index is 2.03. The van der Waals surface area contributed by atoms with E-state index < -0.39 is 0 Å². The van der Waals surface area contributed by atoms with Crippen LogP contribution in [0.25, 0.3) is 10.1 Å². The summed E-state index contributed by atoms with van der Waals surface area (Å²) in [6.07, 6.45) is 0. The third-order valence-electron chi connectivity index (χ3n) is 2.70. The first kappa shape index (κ1) is 12.1. The first-order chi connectivity index (χ1) is 8.63. The average molecular weight is 298 g/mol. The topological polar surface area (TPSA) is 26.0 Å². The van der Waals surface area contributed by atoms with E-state index in [4.69, 9.17) is 17.3 Å². The van der Waals surface area contributed by atoms with E-state index in [-0.39, 0.29) is 11.9 Å². The van der Waals surface area contributed by atoms with Crippen LogP contribution < -0.4 is 5.73 Å². The van der Waals surface area contributed by atoms with E-state index in [0.717, 1.165) is 24.2 Å². The smallest absolute Gasteiger partial charge is 0.123 e. The number of nitrogens with two attached hydrogens (primary N) is 1. The third kappa shape index (κ3) is 2.17. The summed E-state index contributed by atoms with van der Waals surface area (Å²) in [7, 11) is 0. The van der Waals surface area contributed by atoms with Crippen molar-refractivity contribution in [3.63, 3.8) is 0 Å². The van der Waals surface area contributed by atoms with E-state index in [1.165, 1.54) is 23.5 Å². The van der Waals surface area contributed by atoms with Gasteiger partial charge < -0.3 is 5.73 Å². The Morgan fingerprint density at radius 1 is 1.06 bits per heavy atom. The van der Waals surface area contributed by atoms with Crippen molar-refractivity contribution in [2.45, 2.75) is 6.04 Å². The van der Waals surface area contributed by atoms with Gasteiger partial charge in [-0.3, -0.25) is 0 Å². The largest absolute Gasteiger partial charge is 0.319 e. The highest BCUT2D eigenvalue weighted by Crippen LogP contribution is 2.35. The van der Waals surface area contributed by atoms with Gasteiger partial charge in [-0.1, -0.05) is 11.6 Å². The van der Waals surface area contributed by atoms with Crippen molar-refractivity contribution in [2.75, 3.05) is 0 Å². The van der Waals surface area contributed by atoms with E-state index in [1.54, 1.807) is 17.4 Å². The van der Waals surface area contributed by atoms with Gasteiger partial charge in [-0.2, -0.15) is 0 Å². The van der Waals surface area contributed by atoms with E-state index >= 15 is 0 Å². The Labute approximate surface area is 117 Å². The molecule has 0 radical (unpaired) electrons. The number of halogens is 2. The molecular weight excluding hydrogens is 289 g/mol. The summed E-state index contributed by atoms with van der Waals surface area (Å²) < 4.78 is 14.9. The summed E-state index contributed by atoms with van der Waals surface area (Å²) in [6.45, 7) is 0. The van der Waals surface area contributed by atoms with Gasteiger partial charge in [-0.05, 0) is 41.8 Å². The predicted octanol–water partition coefficient (Wildman–Crippen LogP) is 4.80. The van der Waals surface area contributed by atoms with Gasteiger partial charge in [0.2, 0.25) is 0 Å². The molecule has 0 spiro atoms. The zero-order valence-electron chi connectivity index (χ0n) is 9.19. The zero-order valence-corrected chi connectivity index (χ0v) is 11.6. The summed E-state index contributed by atoms with van der Waals surface area (Å²) >= 11 is 8.98. The molecule has 1 nitrogen and oxygen atoms in total. The van der Waals surface area contributed by atoms with Crippen LogP contribution in [0.4, 0.5) is 4.39 Å². The minimum Gasteiger partial charge on any atom is -0.319 e. The molecule has 3 aromatic rings. The van der Waals surface area contributed by atoms with Crippen LogP contribution in [0.15, 0.2) is 36.4 Å².